The molecule has 0 amide bonds. The summed E-state index contributed by atoms with van der Waals surface area (Å²) >= 11 is 7.38. The van der Waals surface area contributed by atoms with E-state index in [0.29, 0.717) is 90.4 Å². The van der Waals surface area contributed by atoms with Gasteiger partial charge in [-0.3, -0.25) is 9.88 Å². The van der Waals surface area contributed by atoms with Crippen LogP contribution in [0.4, 0.5) is 19.0 Å². The zero-order chi connectivity index (χ0) is 47.9. The first-order valence-corrected chi connectivity index (χ1v) is 26.5. The molecule has 0 spiro atoms. The van der Waals surface area contributed by atoms with Crippen LogP contribution in [-0.4, -0.2) is 114 Å². The molecule has 0 saturated carbocycles. The van der Waals surface area contributed by atoms with E-state index in [1.54, 1.807) is 12.4 Å². The molecule has 6 aromatic rings. The van der Waals surface area contributed by atoms with Crippen LogP contribution in [0.5, 0.6) is 6.01 Å². The van der Waals surface area contributed by atoms with Crippen molar-refractivity contribution >= 4 is 57.9 Å². The molecule has 3 aromatic carbocycles. The number of halogens is 4. The number of aromatic nitrogens is 5. The van der Waals surface area contributed by atoms with Gasteiger partial charge in [-0.1, -0.05) is 93.0 Å². The Kier molecular flexibility index (Phi) is 13.6. The van der Waals surface area contributed by atoms with Gasteiger partial charge in [0.25, 0.3) is 14.4 Å². The Labute approximate surface area is 406 Å². The number of aliphatic hydroxyl groups excluding tert-OH is 1. The summed E-state index contributed by atoms with van der Waals surface area (Å²) in [6.07, 6.45) is 5.87. The first-order valence-electron chi connectivity index (χ1n) is 24.2. The quantitative estimate of drug-likeness (QED) is 0.0883. The number of ether oxygens (including phenoxy) is 3. The largest absolute Gasteiger partial charge is 0.461 e. The average Bonchev–Trinajstić information content (AvgIpc) is 4.01. The Hall–Kier alpha value is -4.94. The summed E-state index contributed by atoms with van der Waals surface area (Å²) in [5.74, 6) is -0.395. The van der Waals surface area contributed by atoms with Gasteiger partial charge in [-0.2, -0.15) is 23.8 Å². The second kappa shape index (κ2) is 19.7. The maximum absolute atomic E-state index is 18.1. The molecule has 4 aliphatic heterocycles. The number of rotatable bonds is 13. The number of pyridine rings is 1. The van der Waals surface area contributed by atoms with Gasteiger partial charge in [-0.05, 0) is 85.0 Å². The third-order valence-corrected chi connectivity index (χ3v) is 19.9. The zero-order valence-electron chi connectivity index (χ0n) is 39.4. The number of nitrogens with zero attached hydrogens (tertiary/aromatic N) is 7. The third kappa shape index (κ3) is 9.06. The highest BCUT2D eigenvalue weighted by molar-refractivity contribution is 6.99. The molecule has 10 rings (SSSR count). The van der Waals surface area contributed by atoms with Crippen molar-refractivity contribution in [2.45, 2.75) is 95.0 Å². The second-order valence-electron chi connectivity index (χ2n) is 19.9. The van der Waals surface area contributed by atoms with Crippen molar-refractivity contribution in [3.05, 3.63) is 107 Å². The fourth-order valence-corrected chi connectivity index (χ4v) is 16.1. The van der Waals surface area contributed by atoms with Gasteiger partial charge in [-0.15, -0.1) is 0 Å². The number of β-amino-alcohol motifs (C(OH)–C–C–N with tert-alkyl or cyclic N) is 1. The Balaban J connectivity index is 1.07. The molecule has 4 saturated heterocycles. The van der Waals surface area contributed by atoms with Crippen molar-refractivity contribution in [1.29, 1.82) is 0 Å². The van der Waals surface area contributed by atoms with E-state index in [1.165, 1.54) is 10.4 Å². The minimum atomic E-state index is -2.87. The maximum Gasteiger partial charge on any atom is 0.319 e. The summed E-state index contributed by atoms with van der Waals surface area (Å²) in [5, 5.41) is 19.2. The summed E-state index contributed by atoms with van der Waals surface area (Å²) in [6, 6.07) is 22.8. The van der Waals surface area contributed by atoms with Crippen molar-refractivity contribution in [2.24, 2.45) is 0 Å². The third-order valence-electron chi connectivity index (χ3n) is 14.5. The molecule has 4 aliphatic rings. The van der Waals surface area contributed by atoms with E-state index >= 15 is 4.39 Å². The van der Waals surface area contributed by atoms with Gasteiger partial charge in [0, 0.05) is 60.6 Å². The van der Waals surface area contributed by atoms with E-state index in [4.69, 9.17) is 50.3 Å². The molecule has 364 valence electrons. The molecule has 3 atom stereocenters. The number of aliphatic hydroxyl groups is 1. The smallest absolute Gasteiger partial charge is 0.319 e. The molecule has 4 fully saturated rings. The Morgan fingerprint density at radius 2 is 1.74 bits per heavy atom. The first kappa shape index (κ1) is 47.7. The van der Waals surface area contributed by atoms with Gasteiger partial charge in [-0.25, -0.2) is 9.07 Å². The zero-order valence-corrected chi connectivity index (χ0v) is 41.2. The second-order valence-corrected chi connectivity index (χ2v) is 24.6. The summed E-state index contributed by atoms with van der Waals surface area (Å²) < 4.78 is 73.3. The minimum absolute atomic E-state index is 0.0291. The highest BCUT2D eigenvalue weighted by Crippen LogP contribution is 2.45. The van der Waals surface area contributed by atoms with Gasteiger partial charge >= 0.3 is 6.01 Å². The highest BCUT2D eigenvalue weighted by Gasteiger charge is 2.50. The Morgan fingerprint density at radius 1 is 0.971 bits per heavy atom. The number of hydrogen-bond acceptors (Lipinski definition) is 11. The molecule has 1 N–H and O–H groups in total. The van der Waals surface area contributed by atoms with Crippen LogP contribution in [0, 0.1) is 5.82 Å². The molecule has 7 heterocycles. The Morgan fingerprint density at radius 3 is 2.45 bits per heavy atom. The Bertz CT molecular complexity index is 2800. The number of benzene rings is 3. The van der Waals surface area contributed by atoms with Gasteiger partial charge in [0.1, 0.15) is 23.6 Å². The van der Waals surface area contributed by atoms with Crippen LogP contribution in [-0.2, 0) is 20.3 Å². The normalized spacial score (nSPS) is 21.6. The molecule has 3 aromatic heterocycles. The summed E-state index contributed by atoms with van der Waals surface area (Å²) in [5.41, 5.74) is 1.31. The van der Waals surface area contributed by atoms with Gasteiger partial charge in [0.15, 0.2) is 12.0 Å². The minimum Gasteiger partial charge on any atom is -0.461 e. The summed E-state index contributed by atoms with van der Waals surface area (Å²) in [7, 11) is -2.87. The molecule has 0 radical (unpaired) electrons. The average molecular weight is 983 g/mol. The van der Waals surface area contributed by atoms with E-state index in [2.05, 4.69) is 69.3 Å². The van der Waals surface area contributed by atoms with Crippen molar-refractivity contribution in [3.63, 3.8) is 0 Å². The summed E-state index contributed by atoms with van der Waals surface area (Å²) in [4.78, 5) is 18.3. The molecular formula is C52H59ClF3N7O5Si. The molecule has 1 unspecified atom stereocenters. The lowest BCUT2D eigenvalue weighted by Gasteiger charge is -2.43. The van der Waals surface area contributed by atoms with Crippen LogP contribution in [0.25, 0.3) is 33.1 Å². The number of fused-ring (bicyclic) bond motifs is 3. The molecule has 0 aliphatic carbocycles. The fraction of sp³-hybridized carbons (Fsp3) is 0.462. The lowest BCUT2D eigenvalue weighted by atomic mass is 9.94. The van der Waals surface area contributed by atoms with E-state index in [-0.39, 0.29) is 66.8 Å². The van der Waals surface area contributed by atoms with Crippen LogP contribution in [0.1, 0.15) is 77.5 Å². The van der Waals surface area contributed by atoms with Crippen molar-refractivity contribution in [2.75, 3.05) is 64.1 Å². The van der Waals surface area contributed by atoms with Gasteiger partial charge in [0.2, 0.25) is 0 Å². The van der Waals surface area contributed by atoms with Crippen molar-refractivity contribution in [3.8, 4) is 17.3 Å². The highest BCUT2D eigenvalue weighted by atomic mass is 35.5. The number of anilines is 1. The first-order chi connectivity index (χ1) is 33.4. The van der Waals surface area contributed by atoms with E-state index < -0.39 is 31.9 Å². The molecule has 12 nitrogen and oxygen atoms in total. The SMILES string of the molecule is CC(C)(C)[Si](OCCCc1c(Cl)cc2c(cnn2C2CCCCO2)c1-c1ncc2c(N3CCOC[C@@H](O)C3)nc(OC[C@@]34CCCN3CC(=C(F)F)C4)nc2c1F)(c1ccccc1)c1ccccc1. The van der Waals surface area contributed by atoms with Gasteiger partial charge < -0.3 is 28.6 Å². The molecule has 17 heteroatoms. The fourth-order valence-electron chi connectivity index (χ4n) is 11.2. The summed E-state index contributed by atoms with van der Waals surface area (Å²) in [6.45, 7) is 9.58. The van der Waals surface area contributed by atoms with Crippen LogP contribution in [0.2, 0.25) is 10.1 Å². The van der Waals surface area contributed by atoms with Crippen LogP contribution < -0.4 is 20.0 Å². The molecular weight excluding hydrogens is 923 g/mol. The van der Waals surface area contributed by atoms with Crippen LogP contribution in [0.3, 0.4) is 0 Å². The van der Waals surface area contributed by atoms with Gasteiger partial charge in [0.05, 0.1) is 42.0 Å². The predicted octanol–water partition coefficient (Wildman–Crippen LogP) is 9.01. The lowest BCUT2D eigenvalue weighted by Crippen LogP contribution is -2.66. The standard InChI is InChI=1S/C52H59ClF3N7O5Si/c1-51(2,3)69(36-14-6-4-7-15-36,37-16-8-5-9-17-37)68-24-12-18-38-41(53)26-42-39(29-58-63(42)43-19-10-11-23-66-43)44(38)47-45(54)46-40(28-57-47)49(61-22-25-65-32-35(64)31-61)60-50(59-46)67-33-52-20-13-21-62(52)30-34(27-52)48(55)56/h4-9,14-17,26,28-29,35,43,64H,10-13,18-25,27,30-33H2,1-3H3/t35-,43?,52-/m0/s1. The van der Waals surface area contributed by atoms with E-state index in [0.717, 1.165) is 25.7 Å². The monoisotopic (exact) mass is 981 g/mol. The lowest BCUT2D eigenvalue weighted by molar-refractivity contribution is -0.0366. The van der Waals surface area contributed by atoms with Crippen molar-refractivity contribution < 1.29 is 36.9 Å². The molecule has 69 heavy (non-hydrogen) atoms. The predicted molar refractivity (Wildman–Crippen MR) is 264 cm³/mol. The molecule has 0 bridgehead atoms. The van der Waals surface area contributed by atoms with Crippen LogP contribution >= 0.6 is 11.6 Å². The topological polar surface area (TPSA) is 120 Å². The maximum atomic E-state index is 18.1. The van der Waals surface area contributed by atoms with E-state index in [1.807, 2.05) is 32.7 Å². The van der Waals surface area contributed by atoms with Crippen LogP contribution in [0.15, 0.2) is 90.8 Å². The van der Waals surface area contributed by atoms with E-state index in [9.17, 15) is 13.9 Å². The van der Waals surface area contributed by atoms with Crippen molar-refractivity contribution in [1.82, 2.24) is 29.6 Å². The number of hydrogen-bond donors (Lipinski definition) is 1.